The van der Waals surface area contributed by atoms with E-state index >= 15 is 0 Å². The van der Waals surface area contributed by atoms with E-state index < -0.39 is 5.25 Å². The maximum atomic E-state index is 13.3. The summed E-state index contributed by atoms with van der Waals surface area (Å²) in [6.07, 6.45) is 1.63. The minimum absolute atomic E-state index is 0.125. The summed E-state index contributed by atoms with van der Waals surface area (Å²) >= 11 is 1.27. The van der Waals surface area contributed by atoms with Gasteiger partial charge in [-0.05, 0) is 50.1 Å². The number of carbonyl (C=O) groups is 1. The Bertz CT molecular complexity index is 1100. The zero-order valence-electron chi connectivity index (χ0n) is 16.2. The molecule has 1 atom stereocenters. The van der Waals surface area contributed by atoms with E-state index in [1.54, 1.807) is 23.6 Å². The van der Waals surface area contributed by atoms with Crippen molar-refractivity contribution in [3.05, 3.63) is 76.6 Å². The Kier molecular flexibility index (Phi) is 5.99. The SMILES string of the molecule is C=CCNC(=O)[C@@H](C)Sc1nc2ccccc2c(=O)n1-c1cc(C)ccc1C. The van der Waals surface area contributed by atoms with Crippen LogP contribution < -0.4 is 10.9 Å². The van der Waals surface area contributed by atoms with Gasteiger partial charge in [-0.25, -0.2) is 4.98 Å². The average molecular weight is 394 g/mol. The number of nitrogens with zero attached hydrogens (tertiary/aromatic N) is 2. The topological polar surface area (TPSA) is 64.0 Å². The van der Waals surface area contributed by atoms with Gasteiger partial charge >= 0.3 is 0 Å². The predicted molar refractivity (Wildman–Crippen MR) is 115 cm³/mol. The third kappa shape index (κ3) is 4.02. The van der Waals surface area contributed by atoms with E-state index in [-0.39, 0.29) is 11.5 Å². The molecule has 0 saturated heterocycles. The molecule has 144 valence electrons. The second-order valence-electron chi connectivity index (χ2n) is 6.64. The minimum Gasteiger partial charge on any atom is -0.352 e. The first-order valence-corrected chi connectivity index (χ1v) is 9.95. The third-order valence-corrected chi connectivity index (χ3v) is 5.47. The summed E-state index contributed by atoms with van der Waals surface area (Å²) in [5.74, 6) is -0.125. The summed E-state index contributed by atoms with van der Waals surface area (Å²) in [4.78, 5) is 30.4. The van der Waals surface area contributed by atoms with Crippen molar-refractivity contribution in [3.63, 3.8) is 0 Å². The van der Waals surface area contributed by atoms with Gasteiger partial charge in [-0.2, -0.15) is 0 Å². The largest absolute Gasteiger partial charge is 0.352 e. The van der Waals surface area contributed by atoms with Gasteiger partial charge in [0, 0.05) is 6.54 Å². The molecule has 3 rings (SSSR count). The number of aromatic nitrogens is 2. The molecular weight excluding hydrogens is 370 g/mol. The minimum atomic E-state index is -0.413. The highest BCUT2D eigenvalue weighted by molar-refractivity contribution is 8.00. The summed E-state index contributed by atoms with van der Waals surface area (Å²) in [5.41, 5.74) is 3.28. The summed E-state index contributed by atoms with van der Waals surface area (Å²) in [7, 11) is 0. The van der Waals surface area contributed by atoms with Crippen molar-refractivity contribution in [2.75, 3.05) is 6.54 Å². The maximum Gasteiger partial charge on any atom is 0.266 e. The Balaban J connectivity index is 2.17. The van der Waals surface area contributed by atoms with Crippen LogP contribution in [0.15, 0.2) is 65.1 Å². The quantitative estimate of drug-likeness (QED) is 0.393. The number of aryl methyl sites for hydroxylation is 2. The Morgan fingerprint density at radius 3 is 2.79 bits per heavy atom. The molecule has 1 aromatic heterocycles. The van der Waals surface area contributed by atoms with Gasteiger partial charge in [0.05, 0.1) is 21.8 Å². The lowest BCUT2D eigenvalue weighted by atomic mass is 10.1. The summed E-state index contributed by atoms with van der Waals surface area (Å²) in [5, 5.41) is 3.43. The molecule has 1 amide bonds. The fourth-order valence-corrected chi connectivity index (χ4v) is 3.84. The van der Waals surface area contributed by atoms with Crippen molar-refractivity contribution in [1.29, 1.82) is 0 Å². The summed E-state index contributed by atoms with van der Waals surface area (Å²) in [6, 6.07) is 13.2. The van der Waals surface area contributed by atoms with E-state index in [2.05, 4.69) is 11.9 Å². The van der Waals surface area contributed by atoms with Crippen molar-refractivity contribution >= 4 is 28.6 Å². The Morgan fingerprint density at radius 1 is 1.29 bits per heavy atom. The second-order valence-corrected chi connectivity index (χ2v) is 7.94. The van der Waals surface area contributed by atoms with Gasteiger partial charge in [-0.15, -0.1) is 6.58 Å². The zero-order valence-corrected chi connectivity index (χ0v) is 17.0. The van der Waals surface area contributed by atoms with Crippen molar-refractivity contribution < 1.29 is 4.79 Å². The number of carbonyl (C=O) groups excluding carboxylic acids is 1. The van der Waals surface area contributed by atoms with Gasteiger partial charge in [-0.3, -0.25) is 14.2 Å². The van der Waals surface area contributed by atoms with Crippen LogP contribution in [0.4, 0.5) is 0 Å². The second kappa shape index (κ2) is 8.44. The normalized spacial score (nSPS) is 12.0. The fourth-order valence-electron chi connectivity index (χ4n) is 2.89. The number of thioether (sulfide) groups is 1. The highest BCUT2D eigenvalue weighted by atomic mass is 32.2. The molecule has 0 saturated carbocycles. The molecule has 0 radical (unpaired) electrons. The van der Waals surface area contributed by atoms with Crippen molar-refractivity contribution in [3.8, 4) is 5.69 Å². The molecule has 0 aliphatic heterocycles. The molecule has 0 bridgehead atoms. The molecule has 2 aromatic carbocycles. The molecule has 3 aromatic rings. The van der Waals surface area contributed by atoms with Crippen LogP contribution in [0.2, 0.25) is 0 Å². The van der Waals surface area contributed by atoms with Crippen LogP contribution in [0, 0.1) is 13.8 Å². The lowest BCUT2D eigenvalue weighted by Gasteiger charge is -2.18. The number of benzene rings is 2. The number of fused-ring (bicyclic) bond motifs is 1. The molecular formula is C22H23N3O2S. The maximum absolute atomic E-state index is 13.3. The molecule has 6 heteroatoms. The number of hydrogen-bond donors (Lipinski definition) is 1. The van der Waals surface area contributed by atoms with Gasteiger partial charge in [0.15, 0.2) is 5.16 Å². The summed E-state index contributed by atoms with van der Waals surface area (Å²) in [6.45, 7) is 9.77. The predicted octanol–water partition coefficient (Wildman–Crippen LogP) is 3.79. The van der Waals surface area contributed by atoms with Crippen LogP contribution in [0.25, 0.3) is 16.6 Å². The van der Waals surface area contributed by atoms with Gasteiger partial charge < -0.3 is 5.32 Å². The van der Waals surface area contributed by atoms with Crippen LogP contribution in [0.3, 0.4) is 0 Å². The van der Waals surface area contributed by atoms with Gasteiger partial charge in [0.2, 0.25) is 5.91 Å². The van der Waals surface area contributed by atoms with Gasteiger partial charge in [0.1, 0.15) is 0 Å². The monoisotopic (exact) mass is 393 g/mol. The van der Waals surface area contributed by atoms with E-state index in [1.165, 1.54) is 11.8 Å². The van der Waals surface area contributed by atoms with Crippen LogP contribution in [-0.4, -0.2) is 27.3 Å². The number of nitrogens with one attached hydrogen (secondary N) is 1. The van der Waals surface area contributed by atoms with Crippen LogP contribution in [0.5, 0.6) is 0 Å². The molecule has 1 N–H and O–H groups in total. The fraction of sp³-hybridized carbons (Fsp3) is 0.227. The van der Waals surface area contributed by atoms with Crippen molar-refractivity contribution in [1.82, 2.24) is 14.9 Å². The molecule has 0 aliphatic carbocycles. The zero-order chi connectivity index (χ0) is 20.3. The molecule has 0 fully saturated rings. The Hall–Kier alpha value is -2.86. The van der Waals surface area contributed by atoms with E-state index in [4.69, 9.17) is 4.98 Å². The van der Waals surface area contributed by atoms with Crippen LogP contribution in [-0.2, 0) is 4.79 Å². The van der Waals surface area contributed by atoms with E-state index in [0.29, 0.717) is 22.6 Å². The van der Waals surface area contributed by atoms with Crippen LogP contribution >= 0.6 is 11.8 Å². The number of para-hydroxylation sites is 1. The number of amides is 1. The van der Waals surface area contributed by atoms with Crippen molar-refractivity contribution in [2.24, 2.45) is 0 Å². The van der Waals surface area contributed by atoms with E-state index in [1.807, 2.05) is 50.2 Å². The molecule has 0 aliphatic rings. The molecule has 0 spiro atoms. The van der Waals surface area contributed by atoms with Crippen molar-refractivity contribution in [2.45, 2.75) is 31.2 Å². The first-order valence-electron chi connectivity index (χ1n) is 9.07. The number of hydrogen-bond acceptors (Lipinski definition) is 4. The first kappa shape index (κ1) is 19.9. The standard InChI is InChI=1S/C22H23N3O2S/c1-5-12-23-20(26)16(4)28-22-24-18-9-7-6-8-17(18)21(27)25(22)19-13-14(2)10-11-15(19)3/h5-11,13,16H,1,12H2,2-4H3,(H,23,26)/t16-/m1/s1. The average Bonchev–Trinajstić information content (AvgIpc) is 2.68. The van der Waals surface area contributed by atoms with E-state index in [0.717, 1.165) is 16.8 Å². The van der Waals surface area contributed by atoms with Gasteiger partial charge in [-0.1, -0.05) is 42.1 Å². The van der Waals surface area contributed by atoms with Gasteiger partial charge in [0.25, 0.3) is 5.56 Å². The molecule has 28 heavy (non-hydrogen) atoms. The number of rotatable bonds is 6. The molecule has 5 nitrogen and oxygen atoms in total. The summed E-state index contributed by atoms with van der Waals surface area (Å²) < 4.78 is 1.62. The molecule has 1 heterocycles. The van der Waals surface area contributed by atoms with Crippen LogP contribution in [0.1, 0.15) is 18.1 Å². The lowest BCUT2D eigenvalue weighted by Crippen LogP contribution is -2.32. The Labute approximate surface area is 168 Å². The highest BCUT2D eigenvalue weighted by Crippen LogP contribution is 2.26. The van der Waals surface area contributed by atoms with E-state index in [9.17, 15) is 9.59 Å². The third-order valence-electron chi connectivity index (χ3n) is 4.42. The highest BCUT2D eigenvalue weighted by Gasteiger charge is 2.20. The lowest BCUT2D eigenvalue weighted by molar-refractivity contribution is -0.120. The molecule has 0 unspecified atom stereocenters. The smallest absolute Gasteiger partial charge is 0.266 e. The first-order chi connectivity index (χ1) is 13.4. The Morgan fingerprint density at radius 2 is 2.04 bits per heavy atom.